The van der Waals surface area contributed by atoms with Gasteiger partial charge in [-0.1, -0.05) is 0 Å². The first kappa shape index (κ1) is 19.4. The first-order valence-corrected chi connectivity index (χ1v) is 10.4. The Balaban J connectivity index is 1.94. The smallest absolute Gasteiger partial charge is 0.254 e. The molecule has 3 heterocycles. The van der Waals surface area contributed by atoms with Gasteiger partial charge in [-0.15, -0.1) is 11.8 Å². The number of ketones is 2. The fourth-order valence-corrected chi connectivity index (χ4v) is 3.96. The van der Waals surface area contributed by atoms with Crippen LogP contribution in [0, 0.1) is 0 Å². The van der Waals surface area contributed by atoms with Crippen molar-refractivity contribution in [1.29, 1.82) is 0 Å². The van der Waals surface area contributed by atoms with E-state index in [4.69, 9.17) is 0 Å². The summed E-state index contributed by atoms with van der Waals surface area (Å²) in [7, 11) is 3.83. The highest BCUT2D eigenvalue weighted by Gasteiger charge is 2.38. The van der Waals surface area contributed by atoms with Crippen LogP contribution in [0.5, 0.6) is 0 Å². The molecule has 0 saturated carbocycles. The highest BCUT2D eigenvalue weighted by Crippen LogP contribution is 2.34. The Morgan fingerprint density at radius 2 is 2.03 bits per heavy atom. The first-order chi connectivity index (χ1) is 13.9. The van der Waals surface area contributed by atoms with Gasteiger partial charge >= 0.3 is 0 Å². The van der Waals surface area contributed by atoms with Crippen LogP contribution in [0.3, 0.4) is 0 Å². The van der Waals surface area contributed by atoms with Crippen molar-refractivity contribution in [2.45, 2.75) is 4.90 Å². The van der Waals surface area contributed by atoms with E-state index in [0.717, 1.165) is 4.90 Å². The molecule has 0 fully saturated rings. The fourth-order valence-electron chi connectivity index (χ4n) is 3.53. The van der Waals surface area contributed by atoms with Crippen LogP contribution in [0.15, 0.2) is 41.6 Å². The summed E-state index contributed by atoms with van der Waals surface area (Å²) >= 11 is 1.53. The SMILES string of the molecule is CSc1ccn2c3c(c(C(=O)NCCN(C)C)c2c1)C(=O)c1cccnc1C3=O. The maximum atomic E-state index is 13.3. The molecule has 0 spiro atoms. The van der Waals surface area contributed by atoms with Crippen molar-refractivity contribution < 1.29 is 14.4 Å². The molecule has 8 heteroatoms. The summed E-state index contributed by atoms with van der Waals surface area (Å²) in [6.07, 6.45) is 5.16. The van der Waals surface area contributed by atoms with Crippen LogP contribution < -0.4 is 5.32 Å². The summed E-state index contributed by atoms with van der Waals surface area (Å²) < 4.78 is 1.63. The summed E-state index contributed by atoms with van der Waals surface area (Å²) in [5, 5.41) is 2.88. The lowest BCUT2D eigenvalue weighted by molar-refractivity contribution is 0.0937. The Labute approximate surface area is 172 Å². The monoisotopic (exact) mass is 408 g/mol. The molecule has 0 aromatic carbocycles. The summed E-state index contributed by atoms with van der Waals surface area (Å²) in [6.45, 7) is 1.09. The molecule has 1 aliphatic rings. The lowest BCUT2D eigenvalue weighted by Gasteiger charge is -2.15. The molecular formula is C21H20N4O3S. The third kappa shape index (κ3) is 3.14. The van der Waals surface area contributed by atoms with E-state index in [1.165, 1.54) is 18.0 Å². The van der Waals surface area contributed by atoms with Gasteiger partial charge in [-0.2, -0.15) is 0 Å². The summed E-state index contributed by atoms with van der Waals surface area (Å²) in [5.41, 5.74) is 1.48. The van der Waals surface area contributed by atoms with Crippen molar-refractivity contribution in [3.8, 4) is 0 Å². The molecule has 1 amide bonds. The van der Waals surface area contributed by atoms with Crippen molar-refractivity contribution in [3.05, 3.63) is 64.7 Å². The normalized spacial score (nSPS) is 13.0. The number of aromatic nitrogens is 2. The minimum absolute atomic E-state index is 0.123. The third-order valence-electron chi connectivity index (χ3n) is 4.93. The number of fused-ring (bicyclic) bond motifs is 4. The molecule has 4 rings (SSSR count). The number of pyridine rings is 2. The van der Waals surface area contributed by atoms with Gasteiger partial charge in [0, 0.05) is 30.4 Å². The summed E-state index contributed by atoms with van der Waals surface area (Å²) in [4.78, 5) is 46.6. The largest absolute Gasteiger partial charge is 0.351 e. The quantitative estimate of drug-likeness (QED) is 0.510. The predicted molar refractivity (Wildman–Crippen MR) is 111 cm³/mol. The second-order valence-corrected chi connectivity index (χ2v) is 7.92. The van der Waals surface area contributed by atoms with E-state index in [9.17, 15) is 14.4 Å². The van der Waals surface area contributed by atoms with Crippen LogP contribution in [0.2, 0.25) is 0 Å². The Bertz CT molecular complexity index is 1170. The molecule has 3 aromatic heterocycles. The zero-order valence-electron chi connectivity index (χ0n) is 16.4. The van der Waals surface area contributed by atoms with Crippen molar-refractivity contribution >= 4 is 34.8 Å². The number of hydrogen-bond acceptors (Lipinski definition) is 6. The van der Waals surface area contributed by atoms with Gasteiger partial charge < -0.3 is 14.6 Å². The third-order valence-corrected chi connectivity index (χ3v) is 5.65. The van der Waals surface area contributed by atoms with Gasteiger partial charge in [0.1, 0.15) is 11.4 Å². The maximum Gasteiger partial charge on any atom is 0.254 e. The summed E-state index contributed by atoms with van der Waals surface area (Å²) in [6, 6.07) is 6.89. The molecule has 1 aliphatic carbocycles. The molecule has 0 atom stereocenters. The molecule has 148 valence electrons. The second-order valence-electron chi connectivity index (χ2n) is 7.04. The highest BCUT2D eigenvalue weighted by molar-refractivity contribution is 7.98. The van der Waals surface area contributed by atoms with Crippen molar-refractivity contribution in [3.63, 3.8) is 0 Å². The fraction of sp³-hybridized carbons (Fsp3) is 0.238. The number of hydrogen-bond donors (Lipinski definition) is 1. The number of nitrogens with zero attached hydrogens (tertiary/aromatic N) is 3. The van der Waals surface area contributed by atoms with Crippen molar-refractivity contribution in [2.75, 3.05) is 33.4 Å². The molecule has 7 nitrogen and oxygen atoms in total. The molecule has 29 heavy (non-hydrogen) atoms. The van der Waals surface area contributed by atoms with Crippen molar-refractivity contribution in [1.82, 2.24) is 19.6 Å². The van der Waals surface area contributed by atoms with E-state index in [1.54, 1.807) is 22.7 Å². The predicted octanol–water partition coefficient (Wildman–Crippen LogP) is 2.12. The molecule has 0 unspecified atom stereocenters. The van der Waals surface area contributed by atoms with E-state index in [-0.39, 0.29) is 45.6 Å². The average Bonchev–Trinajstić information content (AvgIpc) is 3.06. The van der Waals surface area contributed by atoms with Gasteiger partial charge in [-0.25, -0.2) is 0 Å². The van der Waals surface area contributed by atoms with Gasteiger partial charge in [0.05, 0.1) is 22.2 Å². The molecule has 1 N–H and O–H groups in total. The lowest BCUT2D eigenvalue weighted by Crippen LogP contribution is -2.32. The standard InChI is InChI=1S/C21H20N4O3S/c1-24(2)10-8-23-21(28)15-14-11-12(29-3)6-9-25(14)18-16(15)19(26)13-5-4-7-22-17(13)20(18)27/h4-7,9,11H,8,10H2,1-3H3,(H,23,28). The topological polar surface area (TPSA) is 83.8 Å². The molecule has 0 bridgehead atoms. The minimum atomic E-state index is -0.364. The second kappa shape index (κ2) is 7.46. The van der Waals surface area contributed by atoms with Gasteiger partial charge in [-0.05, 0) is 44.6 Å². The first-order valence-electron chi connectivity index (χ1n) is 9.13. The van der Waals surface area contributed by atoms with E-state index >= 15 is 0 Å². The van der Waals surface area contributed by atoms with E-state index in [0.29, 0.717) is 18.6 Å². The Morgan fingerprint density at radius 1 is 1.24 bits per heavy atom. The van der Waals surface area contributed by atoms with Gasteiger partial charge in [-0.3, -0.25) is 19.4 Å². The number of rotatable bonds is 5. The molecular weight excluding hydrogens is 388 g/mol. The number of likely N-dealkylation sites (N-methyl/N-ethyl adjacent to an activating group) is 1. The van der Waals surface area contributed by atoms with Gasteiger partial charge in [0.25, 0.3) is 5.91 Å². The van der Waals surface area contributed by atoms with Crippen LogP contribution in [-0.4, -0.2) is 65.2 Å². The van der Waals surface area contributed by atoms with Crippen LogP contribution in [0.1, 0.15) is 42.5 Å². The summed E-state index contributed by atoms with van der Waals surface area (Å²) in [5.74, 6) is -1.07. The van der Waals surface area contributed by atoms with Gasteiger partial charge in [0.2, 0.25) is 5.78 Å². The number of thioether (sulfide) groups is 1. The maximum absolute atomic E-state index is 13.3. The number of nitrogens with one attached hydrogen (secondary N) is 1. The molecule has 0 aliphatic heterocycles. The Morgan fingerprint density at radius 3 is 2.76 bits per heavy atom. The number of carbonyl (C=O) groups excluding carboxylic acids is 3. The van der Waals surface area contributed by atoms with Crippen LogP contribution >= 0.6 is 11.8 Å². The molecule has 0 saturated heterocycles. The Hall–Kier alpha value is -2.97. The number of amides is 1. The van der Waals surface area contributed by atoms with Crippen LogP contribution in [0.25, 0.3) is 5.52 Å². The highest BCUT2D eigenvalue weighted by atomic mass is 32.2. The van der Waals surface area contributed by atoms with Gasteiger partial charge in [0.15, 0.2) is 5.78 Å². The van der Waals surface area contributed by atoms with E-state index < -0.39 is 0 Å². The van der Waals surface area contributed by atoms with Crippen LogP contribution in [-0.2, 0) is 0 Å². The Kier molecular flexibility index (Phi) is 4.97. The minimum Gasteiger partial charge on any atom is -0.351 e. The van der Waals surface area contributed by atoms with E-state index in [1.807, 2.05) is 37.4 Å². The van der Waals surface area contributed by atoms with Crippen LogP contribution in [0.4, 0.5) is 0 Å². The molecule has 3 aromatic rings. The zero-order chi connectivity index (χ0) is 20.7. The average molecular weight is 408 g/mol. The zero-order valence-corrected chi connectivity index (χ0v) is 17.2. The van der Waals surface area contributed by atoms with E-state index in [2.05, 4.69) is 10.3 Å². The lowest BCUT2D eigenvalue weighted by atomic mass is 9.89. The number of carbonyl (C=O) groups is 3. The van der Waals surface area contributed by atoms with Crippen molar-refractivity contribution in [2.24, 2.45) is 0 Å². The molecule has 0 radical (unpaired) electrons.